The zero-order chi connectivity index (χ0) is 11.4. The summed E-state index contributed by atoms with van der Waals surface area (Å²) in [5.74, 6) is -0.185. The first-order valence-electron chi connectivity index (χ1n) is 3.91. The van der Waals surface area contributed by atoms with E-state index in [1.54, 1.807) is 0 Å². The Bertz CT molecular complexity index is 281. The third-order valence-corrected chi connectivity index (χ3v) is 1.85. The molecule has 8 heteroatoms. The van der Waals surface area contributed by atoms with Crippen LogP contribution >= 0.6 is 0 Å². The molecule has 0 bridgehead atoms. The van der Waals surface area contributed by atoms with Crippen molar-refractivity contribution in [2.24, 2.45) is 5.73 Å². The first-order valence-corrected chi connectivity index (χ1v) is 5.31. The summed E-state index contributed by atoms with van der Waals surface area (Å²) in [7, 11) is -2.73. The molecule has 0 aromatic carbocycles. The van der Waals surface area contributed by atoms with Crippen molar-refractivity contribution in [2.75, 3.05) is 13.6 Å². The van der Waals surface area contributed by atoms with Crippen molar-refractivity contribution < 1.29 is 22.3 Å². The Morgan fingerprint density at radius 3 is 2.07 bits per heavy atom. The fraction of sp³-hybridized carbons (Fsp3) is 0.833. The molecule has 7 nitrogen and oxygen atoms in total. The lowest BCUT2D eigenvalue weighted by Gasteiger charge is -2.14. The van der Waals surface area contributed by atoms with Crippen LogP contribution in [0.1, 0.15) is 12.8 Å². The van der Waals surface area contributed by atoms with Gasteiger partial charge < -0.3 is 5.73 Å². The highest BCUT2D eigenvalue weighted by Gasteiger charge is 2.24. The van der Waals surface area contributed by atoms with Crippen LogP contribution in [0, 0.1) is 0 Å². The van der Waals surface area contributed by atoms with Crippen molar-refractivity contribution in [1.29, 1.82) is 0 Å². The van der Waals surface area contributed by atoms with E-state index in [0.29, 0.717) is 0 Å². The van der Waals surface area contributed by atoms with E-state index in [1.807, 2.05) is 11.9 Å². The van der Waals surface area contributed by atoms with Gasteiger partial charge in [-0.1, -0.05) is 0 Å². The molecular formula is C6H14N2O5S. The molecule has 0 aromatic rings. The van der Waals surface area contributed by atoms with Gasteiger partial charge in [0.05, 0.1) is 6.04 Å². The molecule has 1 atom stereocenters. The van der Waals surface area contributed by atoms with Gasteiger partial charge in [-0.25, -0.2) is 0 Å². The summed E-state index contributed by atoms with van der Waals surface area (Å²) in [6, 6.07) is 0.00463. The summed E-state index contributed by atoms with van der Waals surface area (Å²) in [6.07, 6.45) is 2.04. The number of likely N-dealkylation sites (N-methyl/N-ethyl adjacent to an activating group) is 1. The van der Waals surface area contributed by atoms with Crippen LogP contribution in [-0.2, 0) is 15.2 Å². The Morgan fingerprint density at radius 2 is 1.93 bits per heavy atom. The molecule has 84 valence electrons. The van der Waals surface area contributed by atoms with E-state index in [0.717, 1.165) is 19.4 Å². The van der Waals surface area contributed by atoms with E-state index in [2.05, 4.69) is 0 Å². The Balaban J connectivity index is 0.000000292. The monoisotopic (exact) mass is 226 g/mol. The fourth-order valence-electron chi connectivity index (χ4n) is 1.27. The highest BCUT2D eigenvalue weighted by molar-refractivity contribution is 7.79. The summed E-state index contributed by atoms with van der Waals surface area (Å²) in [6.45, 7) is 1.01. The number of carbonyl (C=O) groups excluding carboxylic acids is 1. The maximum atomic E-state index is 10.6. The molecule has 1 aliphatic heterocycles. The lowest BCUT2D eigenvalue weighted by Crippen LogP contribution is -2.37. The number of nitrogens with two attached hydrogens (primary N) is 1. The third kappa shape index (κ3) is 6.78. The van der Waals surface area contributed by atoms with Crippen LogP contribution in [-0.4, -0.2) is 48.0 Å². The molecule has 1 heterocycles. The molecular weight excluding hydrogens is 212 g/mol. The van der Waals surface area contributed by atoms with E-state index < -0.39 is 10.4 Å². The molecule has 14 heavy (non-hydrogen) atoms. The van der Waals surface area contributed by atoms with Gasteiger partial charge in [0.25, 0.3) is 0 Å². The summed E-state index contributed by atoms with van der Waals surface area (Å²) >= 11 is 0. The quantitative estimate of drug-likeness (QED) is 0.489. The minimum atomic E-state index is -4.67. The lowest BCUT2D eigenvalue weighted by atomic mass is 10.2. The minimum Gasteiger partial charge on any atom is -0.368 e. The van der Waals surface area contributed by atoms with Crippen LogP contribution in [0.15, 0.2) is 0 Å². The normalized spacial score (nSPS) is 22.6. The largest absolute Gasteiger partial charge is 0.394 e. The molecule has 1 saturated heterocycles. The molecule has 0 aliphatic carbocycles. The minimum absolute atomic E-state index is 0.00463. The molecule has 1 rings (SSSR count). The molecule has 1 unspecified atom stereocenters. The number of nitrogens with zero attached hydrogens (tertiary/aromatic N) is 1. The standard InChI is InChI=1S/C6H12N2O.H2O4S/c1-8-4-2-3-5(8)6(7)9;1-5(2,3)4/h5H,2-4H2,1H3,(H2,7,9);(H2,1,2,3,4). The van der Waals surface area contributed by atoms with Crippen molar-refractivity contribution in [3.8, 4) is 0 Å². The second-order valence-electron chi connectivity index (χ2n) is 2.99. The van der Waals surface area contributed by atoms with Crippen molar-refractivity contribution in [1.82, 2.24) is 4.90 Å². The predicted molar refractivity (Wildman–Crippen MR) is 49.0 cm³/mol. The van der Waals surface area contributed by atoms with Crippen molar-refractivity contribution in [3.05, 3.63) is 0 Å². The zero-order valence-corrected chi connectivity index (χ0v) is 8.57. The van der Waals surface area contributed by atoms with E-state index in [4.69, 9.17) is 23.3 Å². The van der Waals surface area contributed by atoms with Crippen LogP contribution < -0.4 is 5.73 Å². The number of rotatable bonds is 1. The van der Waals surface area contributed by atoms with Crippen LogP contribution in [0.2, 0.25) is 0 Å². The van der Waals surface area contributed by atoms with E-state index in [1.165, 1.54) is 0 Å². The molecule has 4 N–H and O–H groups in total. The van der Waals surface area contributed by atoms with Crippen LogP contribution in [0.4, 0.5) is 0 Å². The second-order valence-corrected chi connectivity index (χ2v) is 3.88. The molecule has 0 radical (unpaired) electrons. The highest BCUT2D eigenvalue weighted by Crippen LogP contribution is 2.13. The van der Waals surface area contributed by atoms with Gasteiger partial charge in [0.15, 0.2) is 0 Å². The molecule has 0 aromatic heterocycles. The molecule has 1 amide bonds. The maximum absolute atomic E-state index is 10.6. The van der Waals surface area contributed by atoms with Gasteiger partial charge in [-0.05, 0) is 26.4 Å². The zero-order valence-electron chi connectivity index (χ0n) is 7.75. The van der Waals surface area contributed by atoms with Gasteiger partial charge in [0.1, 0.15) is 0 Å². The molecule has 0 spiro atoms. The molecule has 1 aliphatic rings. The van der Waals surface area contributed by atoms with Gasteiger partial charge in [-0.2, -0.15) is 8.42 Å². The number of hydrogen-bond donors (Lipinski definition) is 3. The first-order chi connectivity index (χ1) is 6.22. The van der Waals surface area contributed by atoms with Crippen LogP contribution in [0.5, 0.6) is 0 Å². The summed E-state index contributed by atoms with van der Waals surface area (Å²) in [5, 5.41) is 0. The average Bonchev–Trinajstić information content (AvgIpc) is 2.30. The van der Waals surface area contributed by atoms with Crippen molar-refractivity contribution >= 4 is 16.3 Å². The highest BCUT2D eigenvalue weighted by atomic mass is 32.3. The number of likely N-dealkylation sites (tertiary alicyclic amines) is 1. The smallest absolute Gasteiger partial charge is 0.368 e. The number of primary amides is 1. The van der Waals surface area contributed by atoms with Crippen LogP contribution in [0.25, 0.3) is 0 Å². The Morgan fingerprint density at radius 1 is 1.50 bits per heavy atom. The average molecular weight is 226 g/mol. The van der Waals surface area contributed by atoms with E-state index in [9.17, 15) is 4.79 Å². The van der Waals surface area contributed by atoms with E-state index >= 15 is 0 Å². The lowest BCUT2D eigenvalue weighted by molar-refractivity contribution is -0.121. The summed E-state index contributed by atoms with van der Waals surface area (Å²) in [5.41, 5.74) is 5.11. The fourth-order valence-corrected chi connectivity index (χ4v) is 1.27. The third-order valence-electron chi connectivity index (χ3n) is 1.85. The Hall–Kier alpha value is -0.700. The number of carbonyl (C=O) groups is 1. The van der Waals surface area contributed by atoms with Gasteiger partial charge >= 0.3 is 10.4 Å². The van der Waals surface area contributed by atoms with Gasteiger partial charge in [-0.15, -0.1) is 0 Å². The number of hydrogen-bond acceptors (Lipinski definition) is 4. The van der Waals surface area contributed by atoms with E-state index in [-0.39, 0.29) is 11.9 Å². The SMILES string of the molecule is CN1CCCC1C(N)=O.O=S(=O)(O)O. The van der Waals surface area contributed by atoms with Gasteiger partial charge in [0, 0.05) is 0 Å². The summed E-state index contributed by atoms with van der Waals surface area (Å²) in [4.78, 5) is 12.6. The number of amides is 1. The maximum Gasteiger partial charge on any atom is 0.394 e. The second kappa shape index (κ2) is 5.25. The van der Waals surface area contributed by atoms with Crippen molar-refractivity contribution in [2.45, 2.75) is 18.9 Å². The first kappa shape index (κ1) is 13.3. The van der Waals surface area contributed by atoms with Gasteiger partial charge in [0.2, 0.25) is 5.91 Å². The summed E-state index contributed by atoms with van der Waals surface area (Å²) < 4.78 is 31.6. The van der Waals surface area contributed by atoms with Crippen LogP contribution in [0.3, 0.4) is 0 Å². The Labute approximate surface area is 82.5 Å². The van der Waals surface area contributed by atoms with Gasteiger partial charge in [-0.3, -0.25) is 18.8 Å². The van der Waals surface area contributed by atoms with Crippen molar-refractivity contribution in [3.63, 3.8) is 0 Å². The molecule has 1 fully saturated rings. The Kier molecular flexibility index (Phi) is 4.99. The molecule has 0 saturated carbocycles. The topological polar surface area (TPSA) is 121 Å². The predicted octanol–water partition coefficient (Wildman–Crippen LogP) is -1.09.